The van der Waals surface area contributed by atoms with Gasteiger partial charge in [0, 0.05) is 26.5 Å². The number of hydrogen-bond acceptors (Lipinski definition) is 2. The van der Waals surface area contributed by atoms with E-state index >= 15 is 0 Å². The average Bonchev–Trinajstić information content (AvgIpc) is 1.68. The Morgan fingerprint density at radius 2 is 2.25 bits per heavy atom. The van der Waals surface area contributed by atoms with Crippen LogP contribution in [0.4, 0.5) is 0 Å². The maximum Gasteiger partial charge on any atom is 0.0277 e. The molecule has 0 bridgehead atoms. The fourth-order valence-corrected chi connectivity index (χ4v) is 0.469. The van der Waals surface area contributed by atoms with Crippen molar-refractivity contribution in [1.29, 1.82) is 0 Å². The lowest BCUT2D eigenvalue weighted by molar-refractivity contribution is 1.09. The Bertz CT molecular complexity index is 103. The molecule has 0 spiro atoms. The van der Waals surface area contributed by atoms with E-state index in [1.165, 1.54) is 0 Å². The summed E-state index contributed by atoms with van der Waals surface area (Å²) in [6.45, 7) is 1.99. The van der Waals surface area contributed by atoms with Crippen LogP contribution < -0.4 is 5.32 Å². The quantitative estimate of drug-likeness (QED) is 0.525. The number of rotatable bonds is 2. The Balaban J connectivity index is 3.61. The Labute approximate surface area is 50.3 Å². The number of allylic oxidation sites excluding steroid dienone is 1. The van der Waals surface area contributed by atoms with Crippen molar-refractivity contribution < 1.29 is 0 Å². The van der Waals surface area contributed by atoms with E-state index < -0.39 is 0 Å². The van der Waals surface area contributed by atoms with E-state index in [4.69, 9.17) is 0 Å². The average molecular weight is 112 g/mol. The summed E-state index contributed by atoms with van der Waals surface area (Å²) in [7, 11) is 3.62. The van der Waals surface area contributed by atoms with E-state index in [9.17, 15) is 0 Å². The van der Waals surface area contributed by atoms with E-state index in [1.807, 2.05) is 20.2 Å². The molecule has 0 fully saturated rings. The number of nitrogens with zero attached hydrogens (tertiary/aromatic N) is 1. The van der Waals surface area contributed by atoms with Crippen molar-refractivity contribution in [3.8, 4) is 0 Å². The van der Waals surface area contributed by atoms with Crippen molar-refractivity contribution in [2.45, 2.75) is 6.92 Å². The van der Waals surface area contributed by atoms with Crippen molar-refractivity contribution >= 4 is 6.21 Å². The second kappa shape index (κ2) is 4.37. The predicted octanol–water partition coefficient (Wildman–Crippen LogP) is 0.810. The summed E-state index contributed by atoms with van der Waals surface area (Å²) in [5, 5.41) is 2.90. The first-order chi connectivity index (χ1) is 3.81. The SMILES string of the molecule is C/N=C\C(C)=C/NC. The molecule has 2 heteroatoms. The van der Waals surface area contributed by atoms with Gasteiger partial charge in [-0.05, 0) is 12.5 Å². The molecule has 0 radical (unpaired) electrons. The highest BCUT2D eigenvalue weighted by atomic mass is 14.8. The Morgan fingerprint density at radius 3 is 2.62 bits per heavy atom. The zero-order valence-corrected chi connectivity index (χ0v) is 5.60. The predicted molar refractivity (Wildman–Crippen MR) is 37.2 cm³/mol. The summed E-state index contributed by atoms with van der Waals surface area (Å²) >= 11 is 0. The van der Waals surface area contributed by atoms with Gasteiger partial charge in [-0.3, -0.25) is 4.99 Å². The summed E-state index contributed by atoms with van der Waals surface area (Å²) in [6, 6.07) is 0. The van der Waals surface area contributed by atoms with E-state index in [0.717, 1.165) is 5.57 Å². The molecule has 0 aromatic rings. The van der Waals surface area contributed by atoms with Crippen LogP contribution in [-0.4, -0.2) is 20.3 Å². The molecular formula is C6H12N2. The van der Waals surface area contributed by atoms with Crippen molar-refractivity contribution in [2.75, 3.05) is 14.1 Å². The highest BCUT2D eigenvalue weighted by Gasteiger charge is 1.74. The molecule has 0 saturated heterocycles. The Hall–Kier alpha value is -0.790. The molecule has 0 aromatic heterocycles. The molecule has 0 saturated carbocycles. The van der Waals surface area contributed by atoms with Gasteiger partial charge in [0.2, 0.25) is 0 Å². The van der Waals surface area contributed by atoms with Crippen LogP contribution >= 0.6 is 0 Å². The molecule has 0 heterocycles. The lowest BCUT2D eigenvalue weighted by Gasteiger charge is -1.87. The third kappa shape index (κ3) is 3.40. The molecule has 0 atom stereocenters. The summed E-state index contributed by atoms with van der Waals surface area (Å²) in [5.41, 5.74) is 1.13. The molecule has 0 aliphatic carbocycles. The van der Waals surface area contributed by atoms with Gasteiger partial charge in [0.15, 0.2) is 0 Å². The topological polar surface area (TPSA) is 24.4 Å². The van der Waals surface area contributed by atoms with Crippen molar-refractivity contribution in [3.05, 3.63) is 11.8 Å². The molecule has 8 heavy (non-hydrogen) atoms. The number of aliphatic imine (C=N–C) groups is 1. The van der Waals surface area contributed by atoms with Crippen molar-refractivity contribution in [3.63, 3.8) is 0 Å². The molecule has 0 rings (SSSR count). The Morgan fingerprint density at radius 1 is 1.62 bits per heavy atom. The summed E-state index contributed by atoms with van der Waals surface area (Å²) in [4.78, 5) is 3.82. The normalized spacial score (nSPS) is 12.6. The van der Waals surface area contributed by atoms with E-state index in [1.54, 1.807) is 13.3 Å². The lowest BCUT2D eigenvalue weighted by atomic mass is 10.4. The first-order valence-electron chi connectivity index (χ1n) is 2.57. The monoisotopic (exact) mass is 112 g/mol. The Kier molecular flexibility index (Phi) is 3.94. The smallest absolute Gasteiger partial charge is 0.0277 e. The fraction of sp³-hybridized carbons (Fsp3) is 0.500. The van der Waals surface area contributed by atoms with Gasteiger partial charge in [-0.15, -0.1) is 0 Å². The second-order valence-corrected chi connectivity index (χ2v) is 1.56. The zero-order chi connectivity index (χ0) is 6.41. The van der Waals surface area contributed by atoms with Gasteiger partial charge in [0.1, 0.15) is 0 Å². The second-order valence-electron chi connectivity index (χ2n) is 1.56. The third-order valence-electron chi connectivity index (χ3n) is 0.705. The van der Waals surface area contributed by atoms with Gasteiger partial charge in [-0.2, -0.15) is 0 Å². The van der Waals surface area contributed by atoms with Gasteiger partial charge in [-0.25, -0.2) is 0 Å². The molecule has 0 aliphatic heterocycles. The molecule has 0 amide bonds. The van der Waals surface area contributed by atoms with Gasteiger partial charge < -0.3 is 5.32 Å². The summed E-state index contributed by atoms with van der Waals surface area (Å²) in [6.07, 6.45) is 3.70. The van der Waals surface area contributed by atoms with E-state index in [0.29, 0.717) is 0 Å². The molecular weight excluding hydrogens is 100 g/mol. The molecule has 0 aromatic carbocycles. The molecule has 46 valence electrons. The van der Waals surface area contributed by atoms with Crippen LogP contribution in [0.5, 0.6) is 0 Å². The van der Waals surface area contributed by atoms with Crippen LogP contribution in [0.1, 0.15) is 6.92 Å². The summed E-state index contributed by atoms with van der Waals surface area (Å²) in [5.74, 6) is 0. The van der Waals surface area contributed by atoms with Crippen LogP contribution in [-0.2, 0) is 0 Å². The van der Waals surface area contributed by atoms with Crippen molar-refractivity contribution in [1.82, 2.24) is 5.32 Å². The first kappa shape index (κ1) is 7.21. The largest absolute Gasteiger partial charge is 0.394 e. The standard InChI is InChI=1S/C6H12N2/c1-6(4-7-2)5-8-3/h4-5,7H,1-3H3/b6-4-,8-5-. The molecule has 1 N–H and O–H groups in total. The van der Waals surface area contributed by atoms with Crippen LogP contribution in [0.15, 0.2) is 16.8 Å². The van der Waals surface area contributed by atoms with Gasteiger partial charge in [-0.1, -0.05) is 0 Å². The highest BCUT2D eigenvalue weighted by molar-refractivity contribution is 5.77. The van der Waals surface area contributed by atoms with Crippen molar-refractivity contribution in [2.24, 2.45) is 4.99 Å². The summed E-state index contributed by atoms with van der Waals surface area (Å²) < 4.78 is 0. The van der Waals surface area contributed by atoms with Crippen LogP contribution in [0, 0.1) is 0 Å². The fourth-order valence-electron chi connectivity index (χ4n) is 0.469. The molecule has 0 aliphatic rings. The van der Waals surface area contributed by atoms with Crippen LogP contribution in [0.2, 0.25) is 0 Å². The van der Waals surface area contributed by atoms with Crippen LogP contribution in [0.25, 0.3) is 0 Å². The third-order valence-corrected chi connectivity index (χ3v) is 0.705. The van der Waals surface area contributed by atoms with Gasteiger partial charge in [0.25, 0.3) is 0 Å². The lowest BCUT2D eigenvalue weighted by Crippen LogP contribution is -1.94. The van der Waals surface area contributed by atoms with Gasteiger partial charge in [0.05, 0.1) is 0 Å². The van der Waals surface area contributed by atoms with Crippen LogP contribution in [0.3, 0.4) is 0 Å². The highest BCUT2D eigenvalue weighted by Crippen LogP contribution is 1.81. The minimum absolute atomic E-state index is 1.13. The first-order valence-corrected chi connectivity index (χ1v) is 2.57. The molecule has 2 nitrogen and oxygen atoms in total. The minimum Gasteiger partial charge on any atom is -0.394 e. The van der Waals surface area contributed by atoms with E-state index in [2.05, 4.69) is 10.3 Å². The van der Waals surface area contributed by atoms with Gasteiger partial charge >= 0.3 is 0 Å². The maximum absolute atomic E-state index is 3.82. The van der Waals surface area contributed by atoms with E-state index in [-0.39, 0.29) is 0 Å². The number of hydrogen-bond donors (Lipinski definition) is 1. The minimum atomic E-state index is 1.13. The zero-order valence-electron chi connectivity index (χ0n) is 5.60. The number of nitrogens with one attached hydrogen (secondary N) is 1. The molecule has 0 unspecified atom stereocenters. The maximum atomic E-state index is 3.82.